The maximum absolute atomic E-state index is 10.2. The molecule has 18 heavy (non-hydrogen) atoms. The predicted molar refractivity (Wildman–Crippen MR) is 72.7 cm³/mol. The van der Waals surface area contributed by atoms with Gasteiger partial charge in [0, 0.05) is 12.5 Å². The smallest absolute Gasteiger partial charge is 0.327 e. The third kappa shape index (κ3) is 24.1. The van der Waals surface area contributed by atoms with Gasteiger partial charge in [0.1, 0.15) is 0 Å². The van der Waals surface area contributed by atoms with E-state index in [-0.39, 0.29) is 0 Å². The molecular formula is C14H26O4. The van der Waals surface area contributed by atoms with Gasteiger partial charge in [-0.2, -0.15) is 0 Å². The standard InChI is InChI=1S/C11H22O2.C3H4O2/c1-2-3-4-5-6-7-8-9-10-11(12)13;1-2-3(4)5/h2-10H2,1H3,(H,12,13);2H,1H2,(H,4,5). The van der Waals surface area contributed by atoms with Crippen LogP contribution in [0.15, 0.2) is 12.7 Å². The van der Waals surface area contributed by atoms with E-state index >= 15 is 0 Å². The summed E-state index contributed by atoms with van der Waals surface area (Å²) in [4.78, 5) is 19.4. The Morgan fingerprint density at radius 3 is 1.67 bits per heavy atom. The Balaban J connectivity index is 0. The van der Waals surface area contributed by atoms with Gasteiger partial charge < -0.3 is 10.2 Å². The van der Waals surface area contributed by atoms with Crippen LogP contribution in [0.3, 0.4) is 0 Å². The molecule has 0 fully saturated rings. The summed E-state index contributed by atoms with van der Waals surface area (Å²) in [6, 6.07) is 0. The summed E-state index contributed by atoms with van der Waals surface area (Å²) < 4.78 is 0. The summed E-state index contributed by atoms with van der Waals surface area (Å²) in [6.45, 7) is 5.18. The van der Waals surface area contributed by atoms with E-state index in [1.807, 2.05) is 0 Å². The Hall–Kier alpha value is -1.32. The summed E-state index contributed by atoms with van der Waals surface area (Å²) >= 11 is 0. The number of aliphatic carboxylic acids is 2. The fourth-order valence-corrected chi connectivity index (χ4v) is 1.41. The van der Waals surface area contributed by atoms with E-state index in [1.165, 1.54) is 38.5 Å². The van der Waals surface area contributed by atoms with E-state index in [1.54, 1.807) is 0 Å². The number of carboxylic acids is 2. The molecule has 0 aromatic rings. The summed E-state index contributed by atoms with van der Waals surface area (Å²) in [6.07, 6.45) is 10.9. The Morgan fingerprint density at radius 1 is 0.944 bits per heavy atom. The van der Waals surface area contributed by atoms with Gasteiger partial charge in [-0.05, 0) is 6.42 Å². The van der Waals surface area contributed by atoms with Crippen molar-refractivity contribution in [1.82, 2.24) is 0 Å². The van der Waals surface area contributed by atoms with E-state index < -0.39 is 11.9 Å². The van der Waals surface area contributed by atoms with Gasteiger partial charge >= 0.3 is 11.9 Å². The molecule has 0 aliphatic heterocycles. The molecular weight excluding hydrogens is 232 g/mol. The highest BCUT2D eigenvalue weighted by Gasteiger charge is 1.95. The highest BCUT2D eigenvalue weighted by Crippen LogP contribution is 2.09. The number of hydrogen-bond acceptors (Lipinski definition) is 2. The lowest BCUT2D eigenvalue weighted by atomic mass is 10.1. The fourth-order valence-electron chi connectivity index (χ4n) is 1.41. The lowest BCUT2D eigenvalue weighted by molar-refractivity contribution is -0.137. The Bertz CT molecular complexity index is 224. The van der Waals surface area contributed by atoms with Gasteiger partial charge in [-0.3, -0.25) is 4.79 Å². The summed E-state index contributed by atoms with van der Waals surface area (Å²) in [5.74, 6) is -1.64. The monoisotopic (exact) mass is 258 g/mol. The van der Waals surface area contributed by atoms with E-state index in [2.05, 4.69) is 13.5 Å². The van der Waals surface area contributed by atoms with Crippen LogP contribution in [0.2, 0.25) is 0 Å². The van der Waals surface area contributed by atoms with Crippen LogP contribution in [-0.4, -0.2) is 22.2 Å². The molecule has 0 aliphatic rings. The van der Waals surface area contributed by atoms with Crippen LogP contribution in [-0.2, 0) is 9.59 Å². The number of rotatable bonds is 10. The lowest BCUT2D eigenvalue weighted by Crippen LogP contribution is -1.93. The minimum absolute atomic E-state index is 0.342. The maximum Gasteiger partial charge on any atom is 0.327 e. The molecule has 0 aromatic heterocycles. The van der Waals surface area contributed by atoms with Crippen molar-refractivity contribution in [2.75, 3.05) is 0 Å². The molecule has 4 nitrogen and oxygen atoms in total. The van der Waals surface area contributed by atoms with E-state index in [0.717, 1.165) is 18.9 Å². The minimum Gasteiger partial charge on any atom is -0.481 e. The molecule has 0 aromatic carbocycles. The molecule has 0 spiro atoms. The largest absolute Gasteiger partial charge is 0.481 e. The van der Waals surface area contributed by atoms with E-state index in [9.17, 15) is 9.59 Å². The van der Waals surface area contributed by atoms with Crippen molar-refractivity contribution in [3.05, 3.63) is 12.7 Å². The highest BCUT2D eigenvalue weighted by atomic mass is 16.4. The third-order valence-corrected chi connectivity index (χ3v) is 2.42. The average Bonchev–Trinajstić information content (AvgIpc) is 2.33. The van der Waals surface area contributed by atoms with Gasteiger partial charge in [0.15, 0.2) is 0 Å². The molecule has 0 aliphatic carbocycles. The third-order valence-electron chi connectivity index (χ3n) is 2.42. The molecule has 0 saturated carbocycles. The maximum atomic E-state index is 10.2. The quantitative estimate of drug-likeness (QED) is 0.461. The van der Waals surface area contributed by atoms with E-state index in [0.29, 0.717) is 6.42 Å². The average molecular weight is 258 g/mol. The van der Waals surface area contributed by atoms with Crippen LogP contribution in [0.5, 0.6) is 0 Å². The Labute approximate surface area is 110 Å². The summed E-state index contributed by atoms with van der Waals surface area (Å²) in [5, 5.41) is 16.0. The first-order valence-corrected chi connectivity index (χ1v) is 6.61. The number of carboxylic acid groups (broad SMARTS) is 2. The second-order valence-corrected chi connectivity index (χ2v) is 4.16. The van der Waals surface area contributed by atoms with Crippen LogP contribution < -0.4 is 0 Å². The van der Waals surface area contributed by atoms with Gasteiger partial charge in [-0.15, -0.1) is 0 Å². The molecule has 0 heterocycles. The zero-order chi connectivity index (χ0) is 14.2. The van der Waals surface area contributed by atoms with Gasteiger partial charge in [0.2, 0.25) is 0 Å². The number of carbonyl (C=O) groups is 2. The van der Waals surface area contributed by atoms with Crippen molar-refractivity contribution in [3.8, 4) is 0 Å². The number of hydrogen-bond donors (Lipinski definition) is 2. The fraction of sp³-hybridized carbons (Fsp3) is 0.714. The molecule has 2 N–H and O–H groups in total. The second-order valence-electron chi connectivity index (χ2n) is 4.16. The molecule has 4 heteroatoms. The molecule has 106 valence electrons. The molecule has 0 radical (unpaired) electrons. The molecule has 0 amide bonds. The van der Waals surface area contributed by atoms with Crippen molar-refractivity contribution in [1.29, 1.82) is 0 Å². The molecule has 0 bridgehead atoms. The van der Waals surface area contributed by atoms with E-state index in [4.69, 9.17) is 10.2 Å². The van der Waals surface area contributed by atoms with Gasteiger partial charge in [0.05, 0.1) is 0 Å². The van der Waals surface area contributed by atoms with Crippen molar-refractivity contribution < 1.29 is 19.8 Å². The zero-order valence-corrected chi connectivity index (χ0v) is 11.4. The Morgan fingerprint density at radius 2 is 1.33 bits per heavy atom. The molecule has 0 unspecified atom stereocenters. The minimum atomic E-state index is -0.981. The van der Waals surface area contributed by atoms with Crippen LogP contribution in [0.4, 0.5) is 0 Å². The predicted octanol–water partition coefficient (Wildman–Crippen LogP) is 3.86. The highest BCUT2D eigenvalue weighted by molar-refractivity contribution is 5.78. The van der Waals surface area contributed by atoms with Crippen molar-refractivity contribution in [2.24, 2.45) is 0 Å². The van der Waals surface area contributed by atoms with Gasteiger partial charge in [-0.25, -0.2) is 4.79 Å². The van der Waals surface area contributed by atoms with Crippen molar-refractivity contribution in [2.45, 2.75) is 64.7 Å². The van der Waals surface area contributed by atoms with Gasteiger partial charge in [-0.1, -0.05) is 58.4 Å². The van der Waals surface area contributed by atoms with Crippen LogP contribution in [0.25, 0.3) is 0 Å². The molecule has 0 rings (SSSR count). The normalized spacial score (nSPS) is 9.17. The SMILES string of the molecule is C=CC(=O)O.CCCCCCCCCCC(=O)O. The van der Waals surface area contributed by atoms with Gasteiger partial charge in [0.25, 0.3) is 0 Å². The summed E-state index contributed by atoms with van der Waals surface area (Å²) in [5.41, 5.74) is 0. The Kier molecular flexibility index (Phi) is 16.6. The molecule has 0 atom stereocenters. The van der Waals surface area contributed by atoms with Crippen molar-refractivity contribution in [3.63, 3.8) is 0 Å². The second kappa shape index (κ2) is 15.7. The topological polar surface area (TPSA) is 74.6 Å². The van der Waals surface area contributed by atoms with Crippen LogP contribution in [0, 0.1) is 0 Å². The van der Waals surface area contributed by atoms with Crippen LogP contribution in [0.1, 0.15) is 64.7 Å². The molecule has 0 saturated heterocycles. The first-order valence-electron chi connectivity index (χ1n) is 6.61. The first-order chi connectivity index (χ1) is 8.54. The number of unbranched alkanes of at least 4 members (excludes halogenated alkanes) is 7. The van der Waals surface area contributed by atoms with Crippen molar-refractivity contribution >= 4 is 11.9 Å². The van der Waals surface area contributed by atoms with Crippen LogP contribution >= 0.6 is 0 Å². The first kappa shape index (κ1) is 19.0. The zero-order valence-electron chi connectivity index (χ0n) is 11.4. The lowest BCUT2D eigenvalue weighted by Gasteiger charge is -1.99. The summed E-state index contributed by atoms with van der Waals surface area (Å²) in [7, 11) is 0.